The minimum absolute atomic E-state index is 0.0352. The Morgan fingerprint density at radius 2 is 1.88 bits per heavy atom. The second kappa shape index (κ2) is 11.0. The lowest BCUT2D eigenvalue weighted by Crippen LogP contribution is -2.36. The third kappa shape index (κ3) is 6.91. The Morgan fingerprint density at radius 1 is 1.16 bits per heavy atom. The molecule has 2 aromatic rings. The van der Waals surface area contributed by atoms with E-state index in [2.05, 4.69) is 19.9 Å². The van der Waals surface area contributed by atoms with Gasteiger partial charge in [-0.15, -0.1) is 4.99 Å². The van der Waals surface area contributed by atoms with Crippen molar-refractivity contribution in [1.82, 2.24) is 9.97 Å². The van der Waals surface area contributed by atoms with Crippen molar-refractivity contribution >= 4 is 24.0 Å². The van der Waals surface area contributed by atoms with Gasteiger partial charge in [0.1, 0.15) is 13.2 Å². The van der Waals surface area contributed by atoms with E-state index in [0.717, 1.165) is 42.6 Å². The first-order chi connectivity index (χ1) is 15.4. The van der Waals surface area contributed by atoms with Gasteiger partial charge in [-0.3, -0.25) is 0 Å². The van der Waals surface area contributed by atoms with E-state index in [9.17, 15) is 9.59 Å². The number of nitrogens with two attached hydrogens (primary N) is 2. The van der Waals surface area contributed by atoms with Crippen LogP contribution in [-0.4, -0.2) is 59.4 Å². The number of nitrogens with zero attached hydrogens (tertiary/aromatic N) is 4. The molecule has 1 saturated heterocycles. The number of hydrogen-bond acceptors (Lipinski definition) is 7. The molecule has 1 aliphatic heterocycles. The van der Waals surface area contributed by atoms with Crippen molar-refractivity contribution in [3.8, 4) is 11.1 Å². The number of carboxylic acid groups (broad SMARTS) is 1. The summed E-state index contributed by atoms with van der Waals surface area (Å²) >= 11 is 0. The van der Waals surface area contributed by atoms with Crippen LogP contribution in [0.3, 0.4) is 0 Å². The number of carboxylic acids is 1. The summed E-state index contributed by atoms with van der Waals surface area (Å²) in [6.45, 7) is 1.81. The van der Waals surface area contributed by atoms with E-state index in [4.69, 9.17) is 26.0 Å². The normalized spacial score (nSPS) is 14.1. The van der Waals surface area contributed by atoms with Crippen molar-refractivity contribution in [1.29, 1.82) is 0 Å². The van der Waals surface area contributed by atoms with Gasteiger partial charge in [0.2, 0.25) is 5.95 Å². The average Bonchev–Trinajstić information content (AvgIpc) is 2.78. The molecule has 0 aliphatic carbocycles. The third-order valence-corrected chi connectivity index (χ3v) is 4.96. The molecule has 1 aliphatic rings. The van der Waals surface area contributed by atoms with Crippen LogP contribution in [0.4, 0.5) is 10.7 Å². The number of carbonyl (C=O) groups is 2. The zero-order valence-electron chi connectivity index (χ0n) is 17.5. The smallest absolute Gasteiger partial charge is 0.437 e. The highest BCUT2D eigenvalue weighted by Crippen LogP contribution is 2.24. The number of amides is 1. The number of anilines is 1. The van der Waals surface area contributed by atoms with Gasteiger partial charge in [-0.1, -0.05) is 18.2 Å². The minimum atomic E-state index is -0.951. The topological polar surface area (TPSA) is 166 Å². The van der Waals surface area contributed by atoms with E-state index >= 15 is 0 Å². The summed E-state index contributed by atoms with van der Waals surface area (Å²) in [6.07, 6.45) is 4.46. The number of carbonyl (C=O) groups excluding carboxylic acids is 1. The van der Waals surface area contributed by atoms with Crippen LogP contribution in [0.2, 0.25) is 0 Å². The largest absolute Gasteiger partial charge is 0.480 e. The van der Waals surface area contributed by atoms with E-state index in [1.807, 2.05) is 24.3 Å². The van der Waals surface area contributed by atoms with E-state index in [1.54, 1.807) is 12.4 Å². The zero-order chi connectivity index (χ0) is 22.9. The van der Waals surface area contributed by atoms with Gasteiger partial charge in [0.15, 0.2) is 5.96 Å². The molecule has 170 valence electrons. The van der Waals surface area contributed by atoms with Gasteiger partial charge in [-0.05, 0) is 36.0 Å². The predicted octanol–water partition coefficient (Wildman–Crippen LogP) is 1.37. The van der Waals surface area contributed by atoms with Gasteiger partial charge in [0.05, 0.1) is 6.61 Å². The number of aromatic nitrogens is 2. The van der Waals surface area contributed by atoms with Crippen molar-refractivity contribution in [3.63, 3.8) is 0 Å². The number of guanidine groups is 1. The van der Waals surface area contributed by atoms with Crippen molar-refractivity contribution < 1.29 is 24.2 Å². The standard InChI is InChI=1S/C21H26N6O5/c22-19(23)26-21(30)32-12-15-2-1-3-16(8-15)17-9-24-20(25-10-17)27-6-4-14(5-7-27)11-31-13-18(28)29/h1-3,8-10,14H,4-7,11-13H2,(H,28,29)(H4,22,23,26,30). The Bertz CT molecular complexity index is 953. The fraction of sp³-hybridized carbons (Fsp3) is 0.381. The van der Waals surface area contributed by atoms with E-state index < -0.39 is 12.1 Å². The second-order valence-corrected chi connectivity index (χ2v) is 7.40. The Labute approximate surface area is 185 Å². The third-order valence-electron chi connectivity index (χ3n) is 4.96. The first kappa shape index (κ1) is 22.9. The van der Waals surface area contributed by atoms with Crippen molar-refractivity contribution in [2.75, 3.05) is 31.2 Å². The highest BCUT2D eigenvalue weighted by molar-refractivity contribution is 5.87. The van der Waals surface area contributed by atoms with Gasteiger partial charge in [0.25, 0.3) is 0 Å². The molecule has 5 N–H and O–H groups in total. The lowest BCUT2D eigenvalue weighted by atomic mass is 9.98. The number of hydrogen-bond donors (Lipinski definition) is 3. The molecule has 0 atom stereocenters. The van der Waals surface area contributed by atoms with E-state index in [1.165, 1.54) is 0 Å². The summed E-state index contributed by atoms with van der Waals surface area (Å²) in [5.74, 6) is -0.306. The molecule has 1 aromatic heterocycles. The fourth-order valence-corrected chi connectivity index (χ4v) is 3.37. The van der Waals surface area contributed by atoms with Gasteiger partial charge in [-0.2, -0.15) is 0 Å². The number of aliphatic imine (C=N–C) groups is 1. The molecule has 0 saturated carbocycles. The molecule has 0 unspecified atom stereocenters. The highest BCUT2D eigenvalue weighted by atomic mass is 16.5. The Morgan fingerprint density at radius 3 is 2.53 bits per heavy atom. The Hall–Kier alpha value is -3.73. The summed E-state index contributed by atoms with van der Waals surface area (Å²) in [4.78, 5) is 36.4. The maximum Gasteiger partial charge on any atom is 0.437 e. The molecular formula is C21H26N6O5. The summed E-state index contributed by atoms with van der Waals surface area (Å²) in [6, 6.07) is 7.47. The molecular weight excluding hydrogens is 416 g/mol. The van der Waals surface area contributed by atoms with E-state index in [-0.39, 0.29) is 19.2 Å². The molecule has 1 amide bonds. The quantitative estimate of drug-likeness (QED) is 0.401. The second-order valence-electron chi connectivity index (χ2n) is 7.40. The van der Waals surface area contributed by atoms with Crippen molar-refractivity contribution in [2.45, 2.75) is 19.4 Å². The molecule has 11 heteroatoms. The molecule has 2 heterocycles. The predicted molar refractivity (Wildman–Crippen MR) is 117 cm³/mol. The number of piperidine rings is 1. The van der Waals surface area contributed by atoms with Gasteiger partial charge >= 0.3 is 12.1 Å². The van der Waals surface area contributed by atoms with Crippen LogP contribution in [0.1, 0.15) is 18.4 Å². The van der Waals surface area contributed by atoms with Crippen LogP contribution in [0, 0.1) is 5.92 Å². The zero-order valence-corrected chi connectivity index (χ0v) is 17.5. The molecule has 0 radical (unpaired) electrons. The first-order valence-electron chi connectivity index (χ1n) is 10.1. The van der Waals surface area contributed by atoms with Gasteiger partial charge in [-0.25, -0.2) is 19.6 Å². The minimum Gasteiger partial charge on any atom is -0.480 e. The fourth-order valence-electron chi connectivity index (χ4n) is 3.37. The number of rotatable bonds is 8. The van der Waals surface area contributed by atoms with Crippen LogP contribution in [0.5, 0.6) is 0 Å². The van der Waals surface area contributed by atoms with Crippen molar-refractivity contribution in [2.24, 2.45) is 22.4 Å². The molecule has 3 rings (SSSR count). The Kier molecular flexibility index (Phi) is 7.92. The van der Waals surface area contributed by atoms with Crippen LogP contribution in [-0.2, 0) is 20.9 Å². The number of aliphatic carboxylic acids is 1. The highest BCUT2D eigenvalue weighted by Gasteiger charge is 2.21. The molecule has 1 fully saturated rings. The summed E-state index contributed by atoms with van der Waals surface area (Å²) in [7, 11) is 0. The maximum absolute atomic E-state index is 11.4. The van der Waals surface area contributed by atoms with E-state index in [0.29, 0.717) is 18.5 Å². The average molecular weight is 442 g/mol. The molecule has 0 bridgehead atoms. The lowest BCUT2D eigenvalue weighted by Gasteiger charge is -2.31. The molecule has 0 spiro atoms. The van der Waals surface area contributed by atoms with Gasteiger partial charge in [0, 0.05) is 31.0 Å². The first-order valence-corrected chi connectivity index (χ1v) is 10.1. The molecule has 11 nitrogen and oxygen atoms in total. The Balaban J connectivity index is 1.54. The molecule has 32 heavy (non-hydrogen) atoms. The molecule has 1 aromatic carbocycles. The SMILES string of the molecule is NC(N)=NC(=O)OCc1cccc(-c2cnc(N3CCC(COCC(=O)O)CC3)nc2)c1. The monoisotopic (exact) mass is 442 g/mol. The lowest BCUT2D eigenvalue weighted by molar-refractivity contribution is -0.142. The summed E-state index contributed by atoms with van der Waals surface area (Å²) < 4.78 is 10.2. The van der Waals surface area contributed by atoms with Crippen LogP contribution < -0.4 is 16.4 Å². The summed E-state index contributed by atoms with van der Waals surface area (Å²) in [5, 5.41) is 8.65. The van der Waals surface area contributed by atoms with Crippen LogP contribution in [0.15, 0.2) is 41.7 Å². The van der Waals surface area contributed by atoms with Crippen molar-refractivity contribution in [3.05, 3.63) is 42.2 Å². The van der Waals surface area contributed by atoms with Gasteiger partial charge < -0.3 is 30.9 Å². The van der Waals surface area contributed by atoms with Crippen LogP contribution >= 0.6 is 0 Å². The number of ether oxygens (including phenoxy) is 2. The number of benzene rings is 1. The summed E-state index contributed by atoms with van der Waals surface area (Å²) in [5.41, 5.74) is 12.8. The maximum atomic E-state index is 11.4. The van der Waals surface area contributed by atoms with Crippen LogP contribution in [0.25, 0.3) is 11.1 Å².